The van der Waals surface area contributed by atoms with Gasteiger partial charge in [-0.05, 0) is 45.2 Å². The molecule has 1 aromatic carbocycles. The summed E-state index contributed by atoms with van der Waals surface area (Å²) < 4.78 is 0. The van der Waals surface area contributed by atoms with Gasteiger partial charge in [0.1, 0.15) is 0 Å². The second kappa shape index (κ2) is 7.86. The molecule has 0 spiro atoms. The Hall–Kier alpha value is -0.780. The molecule has 4 heteroatoms. The number of benzene rings is 1. The Balaban J connectivity index is 0.00000200. The molecule has 2 unspecified atom stereocenters. The summed E-state index contributed by atoms with van der Waals surface area (Å²) in [6.45, 7) is 9.34. The van der Waals surface area contributed by atoms with Crippen molar-refractivity contribution in [2.45, 2.75) is 52.1 Å². The third-order valence-corrected chi connectivity index (χ3v) is 3.44. The van der Waals surface area contributed by atoms with E-state index in [4.69, 9.17) is 0 Å². The van der Waals surface area contributed by atoms with E-state index in [1.165, 1.54) is 17.5 Å². The zero-order valence-corrected chi connectivity index (χ0v) is 15.1. The molecule has 0 heterocycles. The number of nitrogens with one attached hydrogen (secondary N) is 2. The van der Waals surface area contributed by atoms with Gasteiger partial charge in [0.2, 0.25) is 0 Å². The van der Waals surface area contributed by atoms with Crippen LogP contribution in [0.25, 0.3) is 0 Å². The first-order chi connectivity index (χ1) is 9.11. The lowest BCUT2D eigenvalue weighted by Gasteiger charge is -2.15. The fraction of sp³-hybridized carbons (Fsp3) is 0.562. The minimum Gasteiger partial charge on any atom is -0.354 e. The molecule has 1 aliphatic rings. The Labute approximate surface area is 139 Å². The van der Waals surface area contributed by atoms with Crippen molar-refractivity contribution in [3.05, 3.63) is 35.4 Å². The number of hydrogen-bond acceptors (Lipinski definition) is 1. The monoisotopic (exact) mass is 387 g/mol. The van der Waals surface area contributed by atoms with Crippen LogP contribution in [0.15, 0.2) is 29.3 Å². The van der Waals surface area contributed by atoms with Gasteiger partial charge in [0.25, 0.3) is 0 Å². The highest BCUT2D eigenvalue weighted by molar-refractivity contribution is 14.0. The number of aliphatic imine (C=N–C) groups is 1. The molecule has 112 valence electrons. The van der Waals surface area contributed by atoms with Gasteiger partial charge in [-0.1, -0.05) is 24.3 Å². The van der Waals surface area contributed by atoms with Gasteiger partial charge in [-0.25, -0.2) is 0 Å². The average molecular weight is 387 g/mol. The molecule has 1 aliphatic carbocycles. The molecule has 3 nitrogen and oxygen atoms in total. The molecule has 1 saturated carbocycles. The zero-order valence-electron chi connectivity index (χ0n) is 12.8. The summed E-state index contributed by atoms with van der Waals surface area (Å²) in [4.78, 5) is 4.49. The molecule has 0 aromatic heterocycles. The van der Waals surface area contributed by atoms with Crippen LogP contribution in [0.4, 0.5) is 0 Å². The summed E-state index contributed by atoms with van der Waals surface area (Å²) in [6, 6.07) is 9.61. The molecule has 2 N–H and O–H groups in total. The lowest BCUT2D eigenvalue weighted by molar-refractivity contribution is 0.692. The number of rotatable bonds is 4. The maximum absolute atomic E-state index is 4.49. The minimum absolute atomic E-state index is 0. The Morgan fingerprint density at radius 1 is 1.35 bits per heavy atom. The predicted molar refractivity (Wildman–Crippen MR) is 97.1 cm³/mol. The maximum atomic E-state index is 4.49. The van der Waals surface area contributed by atoms with E-state index in [1.54, 1.807) is 0 Å². The predicted octanol–water partition coefficient (Wildman–Crippen LogP) is 3.43. The third kappa shape index (κ3) is 4.65. The Kier molecular flexibility index (Phi) is 6.79. The van der Waals surface area contributed by atoms with Crippen molar-refractivity contribution in [2.24, 2.45) is 4.99 Å². The van der Waals surface area contributed by atoms with Crippen LogP contribution in [0, 0.1) is 6.92 Å². The first-order valence-electron chi connectivity index (χ1n) is 7.24. The summed E-state index contributed by atoms with van der Waals surface area (Å²) >= 11 is 0. The minimum atomic E-state index is 0. The van der Waals surface area contributed by atoms with Gasteiger partial charge in [-0.3, -0.25) is 4.99 Å². The van der Waals surface area contributed by atoms with E-state index in [1.807, 2.05) is 0 Å². The summed E-state index contributed by atoms with van der Waals surface area (Å²) in [5, 5.41) is 6.92. The number of aryl methyl sites for hydroxylation is 1. The van der Waals surface area contributed by atoms with Gasteiger partial charge in [0, 0.05) is 24.5 Å². The van der Waals surface area contributed by atoms with Gasteiger partial charge in [0.05, 0.1) is 0 Å². The lowest BCUT2D eigenvalue weighted by atomic mass is 10.0. The molecule has 20 heavy (non-hydrogen) atoms. The second-order valence-corrected chi connectivity index (χ2v) is 5.57. The second-order valence-electron chi connectivity index (χ2n) is 5.57. The lowest BCUT2D eigenvalue weighted by Crippen LogP contribution is -2.42. The van der Waals surface area contributed by atoms with Crippen LogP contribution in [0.1, 0.15) is 44.2 Å². The first-order valence-corrected chi connectivity index (χ1v) is 7.24. The van der Waals surface area contributed by atoms with E-state index < -0.39 is 0 Å². The van der Waals surface area contributed by atoms with Crippen molar-refractivity contribution in [3.63, 3.8) is 0 Å². The normalized spacial score (nSPS) is 21.4. The maximum Gasteiger partial charge on any atom is 0.191 e. The van der Waals surface area contributed by atoms with Gasteiger partial charge < -0.3 is 10.6 Å². The van der Waals surface area contributed by atoms with Crippen LogP contribution in [0.2, 0.25) is 0 Å². The van der Waals surface area contributed by atoms with E-state index in [0.29, 0.717) is 18.0 Å². The zero-order chi connectivity index (χ0) is 13.8. The molecule has 0 saturated heterocycles. The molecule has 0 aliphatic heterocycles. The van der Waals surface area contributed by atoms with E-state index in [0.717, 1.165) is 12.5 Å². The molecule has 1 fully saturated rings. The molecule has 0 amide bonds. The van der Waals surface area contributed by atoms with Crippen molar-refractivity contribution in [2.75, 3.05) is 6.54 Å². The summed E-state index contributed by atoms with van der Waals surface area (Å²) in [6.07, 6.45) is 1.20. The van der Waals surface area contributed by atoms with E-state index in [2.05, 4.69) is 67.6 Å². The standard InChI is InChI=1S/C16H25N3.HI/c1-5-17-16(18-11(2)3)19-15-10-14(15)13-9-7-6-8-12(13)4;/h6-9,11,14-15H,5,10H2,1-4H3,(H2,17,18,19);1H. The molecular weight excluding hydrogens is 361 g/mol. The van der Waals surface area contributed by atoms with Crippen LogP contribution >= 0.6 is 24.0 Å². The van der Waals surface area contributed by atoms with E-state index in [9.17, 15) is 0 Å². The summed E-state index contributed by atoms with van der Waals surface area (Å²) in [7, 11) is 0. The van der Waals surface area contributed by atoms with Crippen LogP contribution in [-0.2, 0) is 0 Å². The van der Waals surface area contributed by atoms with Gasteiger partial charge in [-0.15, -0.1) is 24.0 Å². The summed E-state index contributed by atoms with van der Waals surface area (Å²) in [5.74, 6) is 1.58. The SMILES string of the molecule is CCN=C(NC(C)C)NC1CC1c1ccccc1C.I. The molecular formula is C16H26IN3. The molecule has 2 atom stereocenters. The number of nitrogens with zero attached hydrogens (tertiary/aromatic N) is 1. The van der Waals surface area contributed by atoms with Crippen LogP contribution < -0.4 is 10.6 Å². The highest BCUT2D eigenvalue weighted by Gasteiger charge is 2.39. The quantitative estimate of drug-likeness (QED) is 0.472. The van der Waals surface area contributed by atoms with Crippen molar-refractivity contribution >= 4 is 29.9 Å². The van der Waals surface area contributed by atoms with Gasteiger partial charge in [-0.2, -0.15) is 0 Å². The first kappa shape index (κ1) is 17.3. The molecule has 2 rings (SSSR count). The van der Waals surface area contributed by atoms with Gasteiger partial charge >= 0.3 is 0 Å². The fourth-order valence-corrected chi connectivity index (χ4v) is 2.44. The highest BCUT2D eigenvalue weighted by atomic mass is 127. The Bertz CT molecular complexity index is 457. The average Bonchev–Trinajstić information content (AvgIpc) is 3.08. The van der Waals surface area contributed by atoms with Crippen LogP contribution in [-0.4, -0.2) is 24.6 Å². The third-order valence-electron chi connectivity index (χ3n) is 3.44. The number of hydrogen-bond donors (Lipinski definition) is 2. The van der Waals surface area contributed by atoms with Crippen molar-refractivity contribution in [1.82, 2.24) is 10.6 Å². The Morgan fingerprint density at radius 3 is 2.65 bits per heavy atom. The Morgan fingerprint density at radius 2 is 2.05 bits per heavy atom. The number of halogens is 1. The van der Waals surface area contributed by atoms with E-state index in [-0.39, 0.29) is 24.0 Å². The topological polar surface area (TPSA) is 36.4 Å². The largest absolute Gasteiger partial charge is 0.354 e. The molecule has 1 aromatic rings. The fourth-order valence-electron chi connectivity index (χ4n) is 2.44. The number of guanidine groups is 1. The van der Waals surface area contributed by atoms with Crippen molar-refractivity contribution in [1.29, 1.82) is 0 Å². The smallest absolute Gasteiger partial charge is 0.191 e. The molecule has 0 radical (unpaired) electrons. The van der Waals surface area contributed by atoms with Crippen molar-refractivity contribution < 1.29 is 0 Å². The van der Waals surface area contributed by atoms with Crippen LogP contribution in [0.3, 0.4) is 0 Å². The highest BCUT2D eigenvalue weighted by Crippen LogP contribution is 2.41. The molecule has 0 bridgehead atoms. The summed E-state index contributed by atoms with van der Waals surface area (Å²) in [5.41, 5.74) is 2.86. The van der Waals surface area contributed by atoms with Crippen molar-refractivity contribution in [3.8, 4) is 0 Å². The van der Waals surface area contributed by atoms with Gasteiger partial charge in [0.15, 0.2) is 5.96 Å². The van der Waals surface area contributed by atoms with Crippen LogP contribution in [0.5, 0.6) is 0 Å². The van der Waals surface area contributed by atoms with E-state index >= 15 is 0 Å².